The van der Waals surface area contributed by atoms with E-state index < -0.39 is 0 Å². The third-order valence-electron chi connectivity index (χ3n) is 4.92. The van der Waals surface area contributed by atoms with Gasteiger partial charge in [0.25, 0.3) is 0 Å². The van der Waals surface area contributed by atoms with Gasteiger partial charge in [-0.1, -0.05) is 30.3 Å². The number of pyridine rings is 1. The van der Waals surface area contributed by atoms with Crippen LogP contribution in [0.4, 0.5) is 0 Å². The van der Waals surface area contributed by atoms with Crippen molar-refractivity contribution in [1.82, 2.24) is 4.98 Å². The van der Waals surface area contributed by atoms with Crippen LogP contribution >= 0.6 is 0 Å². The van der Waals surface area contributed by atoms with Gasteiger partial charge in [-0.05, 0) is 12.1 Å². The molecule has 3 rings (SSSR count). The number of aromatic nitrogens is 1. The van der Waals surface area contributed by atoms with Crippen LogP contribution in [-0.4, -0.2) is 31.2 Å². The second-order valence-corrected chi connectivity index (χ2v) is 6.57. The number of nitrogens with zero attached hydrogens (tertiary/aromatic N) is 1. The first kappa shape index (κ1) is 15.2. The van der Waals surface area contributed by atoms with E-state index >= 15 is 0 Å². The van der Waals surface area contributed by atoms with E-state index in [1.165, 1.54) is 37.1 Å². The molecular formula is C19H27N3+2. The van der Waals surface area contributed by atoms with Crippen LogP contribution in [0.1, 0.15) is 24.0 Å². The summed E-state index contributed by atoms with van der Waals surface area (Å²) in [6.45, 7) is 4.87. The Morgan fingerprint density at radius 3 is 2.36 bits per heavy atom. The molecule has 1 aliphatic rings. The van der Waals surface area contributed by atoms with Gasteiger partial charge in [-0.25, -0.2) is 0 Å². The van der Waals surface area contributed by atoms with Crippen molar-refractivity contribution < 1.29 is 9.80 Å². The Morgan fingerprint density at radius 2 is 1.68 bits per heavy atom. The lowest BCUT2D eigenvalue weighted by atomic mass is 10.0. The van der Waals surface area contributed by atoms with Crippen molar-refractivity contribution in [1.29, 1.82) is 0 Å². The SMILES string of the molecule is C[NH+](Cc1ccccc1)C1CC[NH+](Cc2ccncc2)CC1. The summed E-state index contributed by atoms with van der Waals surface area (Å²) in [6, 6.07) is 16.0. The molecule has 0 aliphatic carbocycles. The first-order valence-corrected chi connectivity index (χ1v) is 8.40. The number of rotatable bonds is 5. The minimum atomic E-state index is 0.807. The van der Waals surface area contributed by atoms with Gasteiger partial charge >= 0.3 is 0 Å². The molecule has 1 aromatic heterocycles. The maximum absolute atomic E-state index is 4.10. The first-order chi connectivity index (χ1) is 10.8. The minimum absolute atomic E-state index is 0.807. The average Bonchev–Trinajstić information content (AvgIpc) is 2.57. The first-order valence-electron chi connectivity index (χ1n) is 8.40. The fraction of sp³-hybridized carbons (Fsp3) is 0.421. The fourth-order valence-electron chi connectivity index (χ4n) is 3.55. The molecule has 1 atom stereocenters. The molecule has 0 bridgehead atoms. The molecule has 3 heteroatoms. The molecule has 0 spiro atoms. The van der Waals surface area contributed by atoms with Crippen molar-refractivity contribution in [3.8, 4) is 0 Å². The van der Waals surface area contributed by atoms with E-state index in [2.05, 4.69) is 54.5 Å². The molecule has 3 nitrogen and oxygen atoms in total. The van der Waals surface area contributed by atoms with Gasteiger partial charge in [-0.2, -0.15) is 0 Å². The molecule has 1 aliphatic heterocycles. The molecule has 1 aromatic carbocycles. The standard InChI is InChI=1S/C19H25N3/c1-21(15-17-5-3-2-4-6-17)19-9-13-22(14-10-19)16-18-7-11-20-12-8-18/h2-8,11-12,19H,9-10,13-16H2,1H3/p+2. The third kappa shape index (κ3) is 4.15. The zero-order valence-corrected chi connectivity index (χ0v) is 13.5. The van der Waals surface area contributed by atoms with Gasteiger partial charge < -0.3 is 9.80 Å². The number of hydrogen-bond donors (Lipinski definition) is 2. The van der Waals surface area contributed by atoms with Gasteiger partial charge in [0.15, 0.2) is 0 Å². The number of likely N-dealkylation sites (tertiary alicyclic amines) is 1. The number of hydrogen-bond acceptors (Lipinski definition) is 1. The van der Waals surface area contributed by atoms with Crippen molar-refractivity contribution in [2.24, 2.45) is 0 Å². The Kier molecular flexibility index (Phi) is 5.20. The summed E-state index contributed by atoms with van der Waals surface area (Å²) in [5.41, 5.74) is 2.86. The number of nitrogens with one attached hydrogen (secondary N) is 2. The van der Waals surface area contributed by atoms with E-state index in [1.54, 1.807) is 9.80 Å². The molecule has 1 fully saturated rings. The van der Waals surface area contributed by atoms with Crippen LogP contribution in [-0.2, 0) is 13.1 Å². The highest BCUT2D eigenvalue weighted by Gasteiger charge is 2.27. The molecule has 2 heterocycles. The second-order valence-electron chi connectivity index (χ2n) is 6.57. The van der Waals surface area contributed by atoms with E-state index in [-0.39, 0.29) is 0 Å². The van der Waals surface area contributed by atoms with Crippen LogP contribution in [0.25, 0.3) is 0 Å². The fourth-order valence-corrected chi connectivity index (χ4v) is 3.55. The highest BCUT2D eigenvalue weighted by molar-refractivity contribution is 5.13. The Morgan fingerprint density at radius 1 is 1.00 bits per heavy atom. The molecule has 116 valence electrons. The monoisotopic (exact) mass is 297 g/mol. The van der Waals surface area contributed by atoms with E-state index in [0.29, 0.717) is 0 Å². The van der Waals surface area contributed by atoms with Gasteiger partial charge in [-0.3, -0.25) is 4.98 Å². The molecule has 1 unspecified atom stereocenters. The maximum atomic E-state index is 4.10. The van der Waals surface area contributed by atoms with Crippen molar-refractivity contribution >= 4 is 0 Å². The van der Waals surface area contributed by atoms with Crippen LogP contribution in [0.5, 0.6) is 0 Å². The normalized spacial score (nSPS) is 23.1. The summed E-state index contributed by atoms with van der Waals surface area (Å²) in [4.78, 5) is 7.48. The van der Waals surface area contributed by atoms with Gasteiger partial charge in [-0.15, -0.1) is 0 Å². The average molecular weight is 297 g/mol. The summed E-state index contributed by atoms with van der Waals surface area (Å²) in [5.74, 6) is 0. The Bertz CT molecular complexity index is 547. The lowest BCUT2D eigenvalue weighted by molar-refractivity contribution is -0.960. The molecular weight excluding hydrogens is 270 g/mol. The van der Waals surface area contributed by atoms with Crippen molar-refractivity contribution in [2.75, 3.05) is 20.1 Å². The quantitative estimate of drug-likeness (QED) is 0.816. The zero-order valence-electron chi connectivity index (χ0n) is 13.5. The van der Waals surface area contributed by atoms with Gasteiger partial charge in [0.1, 0.15) is 13.1 Å². The molecule has 1 saturated heterocycles. The molecule has 2 aromatic rings. The van der Waals surface area contributed by atoms with Crippen LogP contribution in [0.3, 0.4) is 0 Å². The smallest absolute Gasteiger partial charge is 0.103 e. The summed E-state index contributed by atoms with van der Waals surface area (Å²) >= 11 is 0. The predicted octanol–water partition coefficient (Wildman–Crippen LogP) is 0.344. The van der Waals surface area contributed by atoms with E-state index in [9.17, 15) is 0 Å². The lowest BCUT2D eigenvalue weighted by Crippen LogP contribution is -3.18. The topological polar surface area (TPSA) is 21.8 Å². The summed E-state index contributed by atoms with van der Waals surface area (Å²) < 4.78 is 0. The van der Waals surface area contributed by atoms with E-state index in [0.717, 1.165) is 19.1 Å². The Hall–Kier alpha value is -1.71. The maximum Gasteiger partial charge on any atom is 0.103 e. The molecule has 22 heavy (non-hydrogen) atoms. The Labute approximate surface area is 133 Å². The number of quaternary nitrogens is 2. The Balaban J connectivity index is 1.47. The van der Waals surface area contributed by atoms with Gasteiger partial charge in [0.05, 0.1) is 26.2 Å². The van der Waals surface area contributed by atoms with Crippen molar-refractivity contribution in [3.63, 3.8) is 0 Å². The minimum Gasteiger partial charge on any atom is -0.331 e. The highest BCUT2D eigenvalue weighted by atomic mass is 15.2. The molecule has 0 saturated carbocycles. The molecule has 2 N–H and O–H groups in total. The summed E-state index contributed by atoms with van der Waals surface area (Å²) in [5, 5.41) is 0. The van der Waals surface area contributed by atoms with E-state index in [1.807, 2.05) is 12.4 Å². The largest absolute Gasteiger partial charge is 0.331 e. The second kappa shape index (κ2) is 7.52. The van der Waals surface area contributed by atoms with Crippen LogP contribution < -0.4 is 9.80 Å². The predicted molar refractivity (Wildman–Crippen MR) is 88.7 cm³/mol. The lowest BCUT2D eigenvalue weighted by Gasteiger charge is -2.32. The van der Waals surface area contributed by atoms with Crippen molar-refractivity contribution in [2.45, 2.75) is 32.0 Å². The van der Waals surface area contributed by atoms with Gasteiger partial charge in [0, 0.05) is 36.4 Å². The summed E-state index contributed by atoms with van der Waals surface area (Å²) in [7, 11) is 2.35. The van der Waals surface area contributed by atoms with E-state index in [4.69, 9.17) is 0 Å². The van der Waals surface area contributed by atoms with Crippen LogP contribution in [0.2, 0.25) is 0 Å². The highest BCUT2D eigenvalue weighted by Crippen LogP contribution is 2.00. The van der Waals surface area contributed by atoms with Crippen LogP contribution in [0.15, 0.2) is 54.9 Å². The summed E-state index contributed by atoms with van der Waals surface area (Å²) in [6.07, 6.45) is 6.47. The molecule has 0 radical (unpaired) electrons. The molecule has 0 amide bonds. The third-order valence-corrected chi connectivity index (χ3v) is 4.92. The van der Waals surface area contributed by atoms with Gasteiger partial charge in [0.2, 0.25) is 0 Å². The van der Waals surface area contributed by atoms with Crippen molar-refractivity contribution in [3.05, 3.63) is 66.0 Å². The zero-order chi connectivity index (χ0) is 15.2. The number of piperidine rings is 1. The number of benzene rings is 1. The van der Waals surface area contributed by atoms with Crippen LogP contribution in [0, 0.1) is 0 Å².